The van der Waals surface area contributed by atoms with Crippen molar-refractivity contribution >= 4 is 38.3 Å². The third-order valence-electron chi connectivity index (χ3n) is 6.38. The molecule has 0 radical (unpaired) electrons. The molecule has 5 rings (SSSR count). The van der Waals surface area contributed by atoms with Crippen molar-refractivity contribution in [2.45, 2.75) is 17.7 Å². The normalized spacial score (nSPS) is 17.6. The summed E-state index contributed by atoms with van der Waals surface area (Å²) in [6, 6.07) is 19.9. The number of benzene rings is 3. The summed E-state index contributed by atoms with van der Waals surface area (Å²) >= 11 is 0. The van der Waals surface area contributed by atoms with Gasteiger partial charge in [0.25, 0.3) is 5.91 Å². The lowest BCUT2D eigenvalue weighted by Gasteiger charge is -2.34. The Morgan fingerprint density at radius 2 is 1.48 bits per heavy atom. The number of piperazine rings is 1. The molecule has 0 aromatic heterocycles. The quantitative estimate of drug-likeness (QED) is 0.596. The number of hydrogen-bond acceptors (Lipinski definition) is 4. The fourth-order valence-electron chi connectivity index (χ4n) is 4.50. The fourth-order valence-corrected chi connectivity index (χ4v) is 5.95. The summed E-state index contributed by atoms with van der Waals surface area (Å²) in [7, 11) is -3.63. The van der Waals surface area contributed by atoms with Crippen molar-refractivity contribution in [1.29, 1.82) is 0 Å². The second-order valence-electron chi connectivity index (χ2n) is 8.40. The van der Waals surface area contributed by atoms with E-state index in [1.165, 1.54) is 4.31 Å². The third-order valence-corrected chi connectivity index (χ3v) is 8.28. The Morgan fingerprint density at radius 3 is 2.15 bits per heavy atom. The molecule has 0 spiro atoms. The van der Waals surface area contributed by atoms with Crippen molar-refractivity contribution in [3.63, 3.8) is 0 Å². The highest BCUT2D eigenvalue weighted by Crippen LogP contribution is 2.24. The lowest BCUT2D eigenvalue weighted by atomic mass is 10.1. The van der Waals surface area contributed by atoms with E-state index in [-0.39, 0.29) is 29.8 Å². The van der Waals surface area contributed by atoms with Crippen LogP contribution in [0, 0.1) is 0 Å². The van der Waals surface area contributed by atoms with Crippen molar-refractivity contribution in [2.24, 2.45) is 0 Å². The van der Waals surface area contributed by atoms with Gasteiger partial charge in [0.05, 0.1) is 4.90 Å². The number of rotatable bonds is 4. The SMILES string of the molecule is O=C(c1ccc(N2CCCC2=O)cc1)N1CCN(S(=O)(=O)c2ccc3ccccc3c2)CC1. The minimum atomic E-state index is -3.63. The number of carbonyl (C=O) groups excluding carboxylic acids is 2. The molecule has 2 heterocycles. The van der Waals surface area contributed by atoms with Crippen LogP contribution >= 0.6 is 0 Å². The zero-order valence-electron chi connectivity index (χ0n) is 18.2. The molecule has 2 saturated heterocycles. The Labute approximate surface area is 193 Å². The van der Waals surface area contributed by atoms with Gasteiger partial charge in [-0.05, 0) is 53.6 Å². The highest BCUT2D eigenvalue weighted by Gasteiger charge is 2.31. The largest absolute Gasteiger partial charge is 0.336 e. The topological polar surface area (TPSA) is 78.0 Å². The highest BCUT2D eigenvalue weighted by atomic mass is 32.2. The van der Waals surface area contributed by atoms with Crippen LogP contribution in [0.15, 0.2) is 71.6 Å². The molecule has 3 aromatic rings. The van der Waals surface area contributed by atoms with Gasteiger partial charge in [-0.15, -0.1) is 0 Å². The molecule has 0 N–H and O–H groups in total. The lowest BCUT2D eigenvalue weighted by Crippen LogP contribution is -2.50. The first kappa shape index (κ1) is 21.6. The molecule has 2 aliphatic heterocycles. The molecule has 2 aliphatic rings. The lowest BCUT2D eigenvalue weighted by molar-refractivity contribution is -0.117. The maximum Gasteiger partial charge on any atom is 0.253 e. The molecule has 7 nitrogen and oxygen atoms in total. The highest BCUT2D eigenvalue weighted by molar-refractivity contribution is 7.89. The summed E-state index contributed by atoms with van der Waals surface area (Å²) in [6.45, 7) is 1.87. The molecule has 3 aromatic carbocycles. The molecular formula is C25H25N3O4S. The first-order valence-corrected chi connectivity index (χ1v) is 12.6. The van der Waals surface area contributed by atoms with Gasteiger partial charge in [-0.1, -0.05) is 30.3 Å². The predicted molar refractivity (Wildman–Crippen MR) is 127 cm³/mol. The van der Waals surface area contributed by atoms with Crippen LogP contribution in [0.3, 0.4) is 0 Å². The third kappa shape index (κ3) is 4.12. The second kappa shape index (κ2) is 8.61. The number of carbonyl (C=O) groups is 2. The van der Waals surface area contributed by atoms with Crippen LogP contribution in [0.25, 0.3) is 10.8 Å². The molecule has 0 aliphatic carbocycles. The van der Waals surface area contributed by atoms with Gasteiger partial charge >= 0.3 is 0 Å². The zero-order valence-corrected chi connectivity index (χ0v) is 19.0. The first-order valence-electron chi connectivity index (χ1n) is 11.1. The number of hydrogen-bond donors (Lipinski definition) is 0. The van der Waals surface area contributed by atoms with E-state index < -0.39 is 10.0 Å². The van der Waals surface area contributed by atoms with E-state index in [1.807, 2.05) is 30.3 Å². The van der Waals surface area contributed by atoms with E-state index in [9.17, 15) is 18.0 Å². The number of sulfonamides is 1. The van der Waals surface area contributed by atoms with Gasteiger partial charge in [-0.3, -0.25) is 9.59 Å². The van der Waals surface area contributed by atoms with Crippen LogP contribution in [-0.2, 0) is 14.8 Å². The van der Waals surface area contributed by atoms with Gasteiger partial charge in [0, 0.05) is 50.4 Å². The minimum absolute atomic E-state index is 0.109. The zero-order chi connectivity index (χ0) is 23.0. The van der Waals surface area contributed by atoms with Crippen molar-refractivity contribution in [3.05, 3.63) is 72.3 Å². The Hall–Kier alpha value is -3.23. The van der Waals surface area contributed by atoms with Crippen LogP contribution in [0.4, 0.5) is 5.69 Å². The molecule has 0 bridgehead atoms. The van der Waals surface area contributed by atoms with Gasteiger partial charge in [0.1, 0.15) is 0 Å². The van der Waals surface area contributed by atoms with Crippen molar-refractivity contribution in [1.82, 2.24) is 9.21 Å². The number of anilines is 1. The molecule has 33 heavy (non-hydrogen) atoms. The standard InChI is InChI=1S/C25H25N3O4S/c29-24-6-3-13-28(24)22-10-7-20(8-11-22)25(30)26-14-16-27(17-15-26)33(31,32)23-12-9-19-4-1-2-5-21(19)18-23/h1-2,4-5,7-12,18H,3,6,13-17H2. The van der Waals surface area contributed by atoms with Gasteiger partial charge in [0.2, 0.25) is 15.9 Å². The fraction of sp³-hybridized carbons (Fsp3) is 0.280. The van der Waals surface area contributed by atoms with E-state index in [4.69, 9.17) is 0 Å². The summed E-state index contributed by atoms with van der Waals surface area (Å²) < 4.78 is 27.8. The molecule has 0 saturated carbocycles. The summed E-state index contributed by atoms with van der Waals surface area (Å²) in [5.74, 6) is -0.0186. The molecule has 0 unspecified atom stereocenters. The number of amides is 2. The summed E-state index contributed by atoms with van der Waals surface area (Å²) in [4.78, 5) is 28.6. The maximum atomic E-state index is 13.2. The van der Waals surface area contributed by atoms with Crippen LogP contribution in [-0.4, -0.2) is 62.2 Å². The van der Waals surface area contributed by atoms with E-state index in [2.05, 4.69) is 0 Å². The van der Waals surface area contributed by atoms with Gasteiger partial charge < -0.3 is 9.80 Å². The molecule has 0 atom stereocenters. The molecular weight excluding hydrogens is 438 g/mol. The Bertz CT molecular complexity index is 1310. The van der Waals surface area contributed by atoms with Crippen molar-refractivity contribution in [3.8, 4) is 0 Å². The van der Waals surface area contributed by atoms with Crippen LogP contribution in [0.1, 0.15) is 23.2 Å². The predicted octanol–water partition coefficient (Wildman–Crippen LogP) is 3.11. The molecule has 8 heteroatoms. The average Bonchev–Trinajstić information content (AvgIpc) is 3.29. The Morgan fingerprint density at radius 1 is 0.788 bits per heavy atom. The van der Waals surface area contributed by atoms with Crippen LogP contribution in [0.2, 0.25) is 0 Å². The molecule has 170 valence electrons. The van der Waals surface area contributed by atoms with Gasteiger partial charge in [0.15, 0.2) is 0 Å². The Balaban J connectivity index is 1.25. The number of nitrogens with zero attached hydrogens (tertiary/aromatic N) is 3. The van der Waals surface area contributed by atoms with Crippen molar-refractivity contribution in [2.75, 3.05) is 37.6 Å². The van der Waals surface area contributed by atoms with Gasteiger partial charge in [-0.2, -0.15) is 4.31 Å². The second-order valence-corrected chi connectivity index (χ2v) is 10.3. The average molecular weight is 464 g/mol. The smallest absolute Gasteiger partial charge is 0.253 e. The summed E-state index contributed by atoms with van der Waals surface area (Å²) in [5.41, 5.74) is 1.34. The van der Waals surface area contributed by atoms with E-state index in [0.717, 1.165) is 22.9 Å². The van der Waals surface area contributed by atoms with E-state index in [0.29, 0.717) is 31.6 Å². The monoisotopic (exact) mass is 463 g/mol. The molecule has 2 fully saturated rings. The Kier molecular flexibility index (Phi) is 5.64. The molecule has 2 amide bonds. The van der Waals surface area contributed by atoms with Crippen molar-refractivity contribution < 1.29 is 18.0 Å². The first-order chi connectivity index (χ1) is 15.9. The van der Waals surface area contributed by atoms with Gasteiger partial charge in [-0.25, -0.2) is 8.42 Å². The van der Waals surface area contributed by atoms with E-state index >= 15 is 0 Å². The van der Waals surface area contributed by atoms with Crippen LogP contribution in [0.5, 0.6) is 0 Å². The van der Waals surface area contributed by atoms with E-state index in [1.54, 1.807) is 46.2 Å². The number of fused-ring (bicyclic) bond motifs is 1. The maximum absolute atomic E-state index is 13.2. The minimum Gasteiger partial charge on any atom is -0.336 e. The van der Waals surface area contributed by atoms with Crippen LogP contribution < -0.4 is 4.90 Å². The summed E-state index contributed by atoms with van der Waals surface area (Å²) in [5, 5.41) is 1.87. The summed E-state index contributed by atoms with van der Waals surface area (Å²) in [6.07, 6.45) is 1.42.